The minimum atomic E-state index is -1.55. The van der Waals surface area contributed by atoms with E-state index in [-0.39, 0.29) is 49.4 Å². The first-order chi connectivity index (χ1) is 33.7. The molecular weight excluding hydrogens is 937 g/mol. The first-order valence-electron chi connectivity index (χ1n) is 23.6. The molecule has 0 radical (unpaired) electrons. The number of rotatable bonds is 7. The number of nitrogens with one attached hydrogen (secondary N) is 1. The van der Waals surface area contributed by atoms with Gasteiger partial charge in [-0.15, -0.1) is 11.8 Å². The number of hydrogen-bond donors (Lipinski definition) is 1. The number of aryl methyl sites for hydroxylation is 1. The van der Waals surface area contributed by atoms with Gasteiger partial charge in [0.05, 0.1) is 49.7 Å². The highest BCUT2D eigenvalue weighted by Gasteiger charge is 2.64. The van der Waals surface area contributed by atoms with E-state index in [0.29, 0.717) is 69.3 Å². The molecule has 2 saturated heterocycles. The number of hydrogen-bond acceptors (Lipinski definition) is 18. The van der Waals surface area contributed by atoms with Crippen LogP contribution in [-0.4, -0.2) is 110 Å². The first-order valence-corrected chi connectivity index (χ1v) is 24.6. The van der Waals surface area contributed by atoms with E-state index in [2.05, 4.69) is 22.9 Å². The van der Waals surface area contributed by atoms with Crippen molar-refractivity contribution in [3.63, 3.8) is 0 Å². The lowest BCUT2D eigenvalue weighted by Crippen LogP contribution is -2.71. The number of esters is 2. The van der Waals surface area contributed by atoms with Crippen LogP contribution in [0.15, 0.2) is 30.9 Å². The number of piperazine rings is 1. The molecule has 18 nitrogen and oxygen atoms in total. The van der Waals surface area contributed by atoms with Gasteiger partial charge < -0.3 is 47.4 Å². The van der Waals surface area contributed by atoms with Crippen molar-refractivity contribution in [1.29, 1.82) is 5.26 Å². The molecule has 378 valence electrons. The number of amides is 1. The van der Waals surface area contributed by atoms with Crippen LogP contribution in [0, 0.1) is 25.2 Å². The van der Waals surface area contributed by atoms with E-state index in [9.17, 15) is 14.9 Å². The number of ether oxygens (including phenoxy) is 10. The minimum absolute atomic E-state index is 0.00985. The van der Waals surface area contributed by atoms with Crippen LogP contribution in [0.4, 0.5) is 9.59 Å². The maximum atomic E-state index is 15.3. The van der Waals surface area contributed by atoms with Crippen molar-refractivity contribution in [1.82, 2.24) is 15.1 Å². The Kier molecular flexibility index (Phi) is 12.8. The molecule has 2 fully saturated rings. The van der Waals surface area contributed by atoms with Crippen LogP contribution in [0.3, 0.4) is 0 Å². The summed E-state index contributed by atoms with van der Waals surface area (Å²) in [6, 6.07) is 3.44. The molecule has 1 N–H and O–H groups in total. The van der Waals surface area contributed by atoms with E-state index < -0.39 is 76.4 Å². The number of methoxy groups -OCH3 is 2. The van der Waals surface area contributed by atoms with Crippen molar-refractivity contribution in [2.75, 3.05) is 46.5 Å². The number of benzene rings is 3. The topological polar surface area (TPSA) is 203 Å². The molecule has 1 spiro atoms. The Balaban J connectivity index is 1.32. The average Bonchev–Trinajstić information content (AvgIpc) is 3.79. The molecule has 0 saturated carbocycles. The molecule has 3 aromatic rings. The summed E-state index contributed by atoms with van der Waals surface area (Å²) in [5.74, 6) is 0.890. The molecule has 7 aliphatic heterocycles. The zero-order valence-corrected chi connectivity index (χ0v) is 42.7. The zero-order chi connectivity index (χ0) is 51.1. The molecule has 7 heterocycles. The third kappa shape index (κ3) is 8.40. The Morgan fingerprint density at radius 1 is 0.930 bits per heavy atom. The third-order valence-electron chi connectivity index (χ3n) is 13.6. The summed E-state index contributed by atoms with van der Waals surface area (Å²) in [7, 11) is 2.99. The lowest BCUT2D eigenvalue weighted by molar-refractivity contribution is -0.157. The van der Waals surface area contributed by atoms with Crippen LogP contribution in [0.2, 0.25) is 0 Å². The molecular formula is C52H60N4O14S. The maximum Gasteiger partial charge on any atom is 0.514 e. The van der Waals surface area contributed by atoms with Gasteiger partial charge in [0, 0.05) is 41.5 Å². The number of nitriles is 1. The molecule has 10 rings (SSSR count). The monoisotopic (exact) mass is 996 g/mol. The van der Waals surface area contributed by atoms with Crippen LogP contribution < -0.4 is 38.5 Å². The highest BCUT2D eigenvalue weighted by atomic mass is 32.2. The Bertz CT molecular complexity index is 2780. The van der Waals surface area contributed by atoms with Crippen molar-refractivity contribution >= 4 is 35.9 Å². The Morgan fingerprint density at radius 3 is 2.32 bits per heavy atom. The maximum absolute atomic E-state index is 15.3. The number of carbonyl (C=O) groups is 4. The van der Waals surface area contributed by atoms with Crippen molar-refractivity contribution < 1.29 is 66.5 Å². The number of thioether (sulfide) groups is 1. The standard InChI is InChI=1S/C52H60N4O14S/c1-13-16-63-44-36-29(17-25(2)41(44)62-12)18-31-32(21-53)55-33-22-64-47(58)52(30-20-34(61-11)35(19-28(30)14-15-54-52)68-49(60)70-51(8,9)10)23-71-46(40(55)39(36)56(31)48(59)69-50(5,6)7)38-37(33)45-43(65-24-66-45)26(3)42(38)67-27(4)57/h13,17,19-20,31-33,39-40,46,54H,1,14-16,18,22-24H2,2-12H3/t31-,32-,33-,39?,40?,46+,52+/m0/s1. The molecule has 2 unspecified atom stereocenters. The van der Waals surface area contributed by atoms with Gasteiger partial charge in [-0.05, 0) is 103 Å². The molecule has 0 aromatic heterocycles. The molecule has 1 amide bonds. The Labute approximate surface area is 417 Å². The Morgan fingerprint density at radius 2 is 1.66 bits per heavy atom. The van der Waals surface area contributed by atoms with E-state index >= 15 is 9.59 Å². The summed E-state index contributed by atoms with van der Waals surface area (Å²) in [6.07, 6.45) is 0.734. The first kappa shape index (κ1) is 49.6. The molecule has 7 atom stereocenters. The van der Waals surface area contributed by atoms with Crippen LogP contribution in [-0.2, 0) is 42.2 Å². The molecule has 19 heteroatoms. The van der Waals surface area contributed by atoms with E-state index in [1.807, 2.05) is 13.0 Å². The number of fused-ring (bicyclic) bond motifs is 9. The van der Waals surface area contributed by atoms with E-state index in [0.717, 1.165) is 11.1 Å². The van der Waals surface area contributed by atoms with Gasteiger partial charge >= 0.3 is 24.2 Å². The molecule has 4 bridgehead atoms. The molecule has 0 aliphatic carbocycles. The lowest BCUT2D eigenvalue weighted by atomic mass is 9.71. The third-order valence-corrected chi connectivity index (χ3v) is 15.1. The minimum Gasteiger partial charge on any atom is -0.493 e. The Hall–Kier alpha value is -6.36. The van der Waals surface area contributed by atoms with Crippen LogP contribution >= 0.6 is 11.8 Å². The predicted molar refractivity (Wildman–Crippen MR) is 258 cm³/mol. The van der Waals surface area contributed by atoms with Crippen molar-refractivity contribution in [2.45, 2.75) is 127 Å². The van der Waals surface area contributed by atoms with Gasteiger partial charge in [0.2, 0.25) is 6.79 Å². The second-order valence-electron chi connectivity index (χ2n) is 20.4. The van der Waals surface area contributed by atoms with Crippen LogP contribution in [0.1, 0.15) is 110 Å². The van der Waals surface area contributed by atoms with Crippen LogP contribution in [0.5, 0.6) is 40.2 Å². The van der Waals surface area contributed by atoms with Gasteiger partial charge in [-0.25, -0.2) is 14.4 Å². The SMILES string of the molecule is C=CCOc1c(OC)c(C)cc2c1C1C3[C@@H]4SC[C@]5(NCCc6cc(OC(=O)OC(C)(C)C)c(OC)cc65)C(=O)OC[C@@H](c5c6c(c(C)c(OC(C)=O)c54)OCO6)N3[C@@H](C#N)[C@H](C2)N1C(=O)OC(C)(C)C. The van der Waals surface area contributed by atoms with Crippen molar-refractivity contribution in [2.24, 2.45) is 0 Å². The van der Waals surface area contributed by atoms with E-state index in [1.165, 1.54) is 25.8 Å². The molecule has 3 aromatic carbocycles. The summed E-state index contributed by atoms with van der Waals surface area (Å²) < 4.78 is 61.2. The number of carbonyl (C=O) groups excluding carboxylic acids is 4. The van der Waals surface area contributed by atoms with E-state index in [1.54, 1.807) is 78.7 Å². The lowest BCUT2D eigenvalue weighted by Gasteiger charge is -2.62. The van der Waals surface area contributed by atoms with Gasteiger partial charge in [-0.3, -0.25) is 19.9 Å². The fourth-order valence-corrected chi connectivity index (χ4v) is 12.9. The quantitative estimate of drug-likeness (QED) is 0.0790. The second kappa shape index (κ2) is 18.4. The predicted octanol–water partition coefficient (Wildman–Crippen LogP) is 7.76. The number of nitrogens with zero attached hydrogens (tertiary/aromatic N) is 3. The second-order valence-corrected chi connectivity index (χ2v) is 21.6. The zero-order valence-electron chi connectivity index (χ0n) is 41.9. The van der Waals surface area contributed by atoms with Gasteiger partial charge in [0.1, 0.15) is 36.2 Å². The summed E-state index contributed by atoms with van der Waals surface area (Å²) in [5, 5.41) is 14.3. The summed E-state index contributed by atoms with van der Waals surface area (Å²) in [6.45, 7) is 19.5. The van der Waals surface area contributed by atoms with Crippen molar-refractivity contribution in [3.05, 3.63) is 75.4 Å². The van der Waals surface area contributed by atoms with Crippen LogP contribution in [0.25, 0.3) is 0 Å². The molecule has 7 aliphatic rings. The highest BCUT2D eigenvalue weighted by Crippen LogP contribution is 2.65. The summed E-state index contributed by atoms with van der Waals surface area (Å²) in [4.78, 5) is 60.5. The fraction of sp³-hybridized carbons (Fsp3) is 0.519. The highest BCUT2D eigenvalue weighted by molar-refractivity contribution is 7.99. The largest absolute Gasteiger partial charge is 0.514 e. The smallest absolute Gasteiger partial charge is 0.493 e. The van der Waals surface area contributed by atoms with Gasteiger partial charge in [-0.2, -0.15) is 5.26 Å². The molecule has 71 heavy (non-hydrogen) atoms. The average molecular weight is 997 g/mol. The van der Waals surface area contributed by atoms with E-state index in [4.69, 9.17) is 47.4 Å². The normalized spacial score (nSPS) is 25.0. The van der Waals surface area contributed by atoms with Gasteiger partial charge in [0.25, 0.3) is 0 Å². The fourth-order valence-electron chi connectivity index (χ4n) is 11.2. The van der Waals surface area contributed by atoms with Crippen molar-refractivity contribution in [3.8, 4) is 46.3 Å². The van der Waals surface area contributed by atoms with Gasteiger partial charge in [-0.1, -0.05) is 18.7 Å². The summed E-state index contributed by atoms with van der Waals surface area (Å²) >= 11 is 1.37. The summed E-state index contributed by atoms with van der Waals surface area (Å²) in [5.41, 5.74) is 1.79. The van der Waals surface area contributed by atoms with Gasteiger partial charge in [0.15, 0.2) is 40.0 Å².